The molecule has 0 aliphatic rings. The zero-order valence-electron chi connectivity index (χ0n) is 10.1. The molecule has 0 heterocycles. The van der Waals surface area contributed by atoms with Crippen LogP contribution in [0, 0.1) is 15.2 Å². The maximum absolute atomic E-state index is 13.5. The molecule has 0 saturated carbocycles. The SMILES string of the molecule is O=S(=O)(NCc1ccc(I)cc1)c1ccc(F)cc1F. The quantitative estimate of drug-likeness (QED) is 0.790. The summed E-state index contributed by atoms with van der Waals surface area (Å²) in [5.41, 5.74) is 0.747. The molecular formula is C13H10F2INO2S. The Kier molecular flexibility index (Phi) is 4.71. The average Bonchev–Trinajstić information content (AvgIpc) is 2.37. The maximum Gasteiger partial charge on any atom is 0.243 e. The van der Waals surface area contributed by atoms with Gasteiger partial charge in [0.2, 0.25) is 10.0 Å². The third-order valence-electron chi connectivity index (χ3n) is 2.56. The van der Waals surface area contributed by atoms with Crippen LogP contribution in [-0.4, -0.2) is 8.42 Å². The van der Waals surface area contributed by atoms with Gasteiger partial charge in [0.1, 0.15) is 16.5 Å². The zero-order valence-corrected chi connectivity index (χ0v) is 13.1. The fourth-order valence-electron chi connectivity index (χ4n) is 1.55. The van der Waals surface area contributed by atoms with Gasteiger partial charge < -0.3 is 0 Å². The van der Waals surface area contributed by atoms with Crippen molar-refractivity contribution in [2.24, 2.45) is 0 Å². The maximum atomic E-state index is 13.5. The molecule has 0 fully saturated rings. The van der Waals surface area contributed by atoms with E-state index in [1.807, 2.05) is 12.1 Å². The smallest absolute Gasteiger partial charge is 0.207 e. The summed E-state index contributed by atoms with van der Waals surface area (Å²) in [7, 11) is -4.01. The second-order valence-corrected chi connectivity index (χ2v) is 7.01. The Labute approximate surface area is 129 Å². The molecule has 0 aliphatic heterocycles. The minimum absolute atomic E-state index is 0.0378. The van der Waals surface area contributed by atoms with E-state index in [0.29, 0.717) is 6.07 Å². The molecule has 0 spiro atoms. The van der Waals surface area contributed by atoms with Crippen LogP contribution in [0.15, 0.2) is 47.4 Å². The summed E-state index contributed by atoms with van der Waals surface area (Å²) in [6.07, 6.45) is 0. The number of sulfonamides is 1. The Bertz CT molecular complexity index is 718. The number of hydrogen-bond donors (Lipinski definition) is 1. The van der Waals surface area contributed by atoms with Crippen molar-refractivity contribution in [3.8, 4) is 0 Å². The molecule has 2 aromatic carbocycles. The van der Waals surface area contributed by atoms with Crippen LogP contribution >= 0.6 is 22.6 Å². The summed E-state index contributed by atoms with van der Waals surface area (Å²) in [5, 5.41) is 0. The lowest BCUT2D eigenvalue weighted by molar-refractivity contribution is 0.543. The standard InChI is InChI=1S/C13H10F2INO2S/c14-10-3-6-13(12(15)7-10)20(18,19)17-8-9-1-4-11(16)5-2-9/h1-7,17H,8H2. The lowest BCUT2D eigenvalue weighted by atomic mass is 10.2. The lowest BCUT2D eigenvalue weighted by Gasteiger charge is -2.08. The van der Waals surface area contributed by atoms with Crippen LogP contribution in [0.5, 0.6) is 0 Å². The molecule has 2 rings (SSSR count). The van der Waals surface area contributed by atoms with Gasteiger partial charge in [0, 0.05) is 16.2 Å². The van der Waals surface area contributed by atoms with Crippen LogP contribution in [0.3, 0.4) is 0 Å². The number of nitrogens with one attached hydrogen (secondary N) is 1. The van der Waals surface area contributed by atoms with Crippen LogP contribution in [0.25, 0.3) is 0 Å². The molecule has 1 N–H and O–H groups in total. The summed E-state index contributed by atoms with van der Waals surface area (Å²) in [6.45, 7) is 0.0378. The summed E-state index contributed by atoms with van der Waals surface area (Å²) in [6, 6.07) is 9.56. The predicted molar refractivity (Wildman–Crippen MR) is 79.5 cm³/mol. The minimum atomic E-state index is -4.01. The Morgan fingerprint density at radius 2 is 1.70 bits per heavy atom. The van der Waals surface area contributed by atoms with E-state index < -0.39 is 26.6 Å². The second kappa shape index (κ2) is 6.15. The van der Waals surface area contributed by atoms with E-state index in [1.165, 1.54) is 0 Å². The third kappa shape index (κ3) is 3.74. The average molecular weight is 409 g/mol. The highest BCUT2D eigenvalue weighted by molar-refractivity contribution is 14.1. The van der Waals surface area contributed by atoms with Gasteiger partial charge in [-0.15, -0.1) is 0 Å². The van der Waals surface area contributed by atoms with E-state index in [-0.39, 0.29) is 6.54 Å². The van der Waals surface area contributed by atoms with Gasteiger partial charge in [0.15, 0.2) is 0 Å². The topological polar surface area (TPSA) is 46.2 Å². The molecule has 2 aromatic rings. The van der Waals surface area contributed by atoms with Crippen LogP contribution in [0.2, 0.25) is 0 Å². The van der Waals surface area contributed by atoms with Crippen molar-refractivity contribution < 1.29 is 17.2 Å². The first-order valence-corrected chi connectivity index (χ1v) is 8.14. The highest BCUT2D eigenvalue weighted by Crippen LogP contribution is 2.16. The van der Waals surface area contributed by atoms with Gasteiger partial charge in [-0.25, -0.2) is 21.9 Å². The van der Waals surface area contributed by atoms with Gasteiger partial charge in [-0.05, 0) is 52.4 Å². The van der Waals surface area contributed by atoms with Gasteiger partial charge in [0.05, 0.1) is 0 Å². The molecular weight excluding hydrogens is 399 g/mol. The summed E-state index contributed by atoms with van der Waals surface area (Å²) in [4.78, 5) is -0.565. The van der Waals surface area contributed by atoms with Gasteiger partial charge in [-0.2, -0.15) is 0 Å². The second-order valence-electron chi connectivity index (χ2n) is 4.03. The Morgan fingerprint density at radius 1 is 1.05 bits per heavy atom. The molecule has 7 heteroatoms. The molecule has 3 nitrogen and oxygen atoms in total. The number of benzene rings is 2. The first-order valence-electron chi connectivity index (χ1n) is 5.58. The third-order valence-corrected chi connectivity index (χ3v) is 4.72. The van der Waals surface area contributed by atoms with E-state index in [0.717, 1.165) is 21.3 Å². The molecule has 106 valence electrons. The number of hydrogen-bond acceptors (Lipinski definition) is 2. The normalized spacial score (nSPS) is 11.6. The molecule has 0 unspecified atom stereocenters. The predicted octanol–water partition coefficient (Wildman–Crippen LogP) is 3.05. The van der Waals surface area contributed by atoms with Crippen LogP contribution in [0.1, 0.15) is 5.56 Å². The monoisotopic (exact) mass is 409 g/mol. The Balaban J connectivity index is 2.17. The first-order chi connectivity index (χ1) is 9.38. The minimum Gasteiger partial charge on any atom is -0.207 e. The van der Waals surface area contributed by atoms with Crippen molar-refractivity contribution in [2.75, 3.05) is 0 Å². The zero-order chi connectivity index (χ0) is 14.8. The molecule has 0 bridgehead atoms. The fraction of sp³-hybridized carbons (Fsp3) is 0.0769. The van der Waals surface area contributed by atoms with E-state index in [2.05, 4.69) is 27.3 Å². The van der Waals surface area contributed by atoms with Crippen molar-refractivity contribution in [3.63, 3.8) is 0 Å². The molecule has 0 radical (unpaired) electrons. The van der Waals surface area contributed by atoms with Gasteiger partial charge in [-0.1, -0.05) is 12.1 Å². The Morgan fingerprint density at radius 3 is 2.30 bits per heavy atom. The largest absolute Gasteiger partial charge is 0.243 e. The van der Waals surface area contributed by atoms with Gasteiger partial charge in [0.25, 0.3) is 0 Å². The fourth-order valence-corrected chi connectivity index (χ4v) is 2.99. The van der Waals surface area contributed by atoms with E-state index in [9.17, 15) is 17.2 Å². The first kappa shape index (κ1) is 15.3. The van der Waals surface area contributed by atoms with Crippen LogP contribution < -0.4 is 4.72 Å². The molecule has 0 atom stereocenters. The summed E-state index contributed by atoms with van der Waals surface area (Å²) < 4.78 is 53.4. The highest BCUT2D eigenvalue weighted by Gasteiger charge is 2.19. The summed E-state index contributed by atoms with van der Waals surface area (Å²) in [5.74, 6) is -1.93. The van der Waals surface area contributed by atoms with E-state index >= 15 is 0 Å². The lowest BCUT2D eigenvalue weighted by Crippen LogP contribution is -2.24. The van der Waals surface area contributed by atoms with Crippen LogP contribution in [-0.2, 0) is 16.6 Å². The highest BCUT2D eigenvalue weighted by atomic mass is 127. The molecule has 0 amide bonds. The molecule has 0 aromatic heterocycles. The van der Waals surface area contributed by atoms with Crippen molar-refractivity contribution in [2.45, 2.75) is 11.4 Å². The van der Waals surface area contributed by atoms with Crippen molar-refractivity contribution in [1.82, 2.24) is 4.72 Å². The van der Waals surface area contributed by atoms with Crippen molar-refractivity contribution in [1.29, 1.82) is 0 Å². The summed E-state index contributed by atoms with van der Waals surface area (Å²) >= 11 is 2.13. The van der Waals surface area contributed by atoms with Gasteiger partial charge in [-0.3, -0.25) is 0 Å². The van der Waals surface area contributed by atoms with Gasteiger partial charge >= 0.3 is 0 Å². The molecule has 0 aliphatic carbocycles. The number of halogens is 3. The van der Waals surface area contributed by atoms with E-state index in [1.54, 1.807) is 12.1 Å². The molecule has 20 heavy (non-hydrogen) atoms. The van der Waals surface area contributed by atoms with Crippen molar-refractivity contribution in [3.05, 3.63) is 63.2 Å². The van der Waals surface area contributed by atoms with E-state index in [4.69, 9.17) is 0 Å². The Hall–Kier alpha value is -1.06. The van der Waals surface area contributed by atoms with Crippen LogP contribution in [0.4, 0.5) is 8.78 Å². The molecule has 0 saturated heterocycles. The number of rotatable bonds is 4. The van der Waals surface area contributed by atoms with Crippen molar-refractivity contribution >= 4 is 32.6 Å².